The molecule has 1 aromatic carbocycles. The molecule has 1 aliphatic rings. The Morgan fingerprint density at radius 1 is 1.61 bits per heavy atom. The highest BCUT2D eigenvalue weighted by molar-refractivity contribution is 9.10. The number of aliphatic carboxylic acids is 1. The lowest BCUT2D eigenvalue weighted by molar-refractivity contribution is -0.141. The van der Waals surface area contributed by atoms with E-state index in [2.05, 4.69) is 39.0 Å². The summed E-state index contributed by atoms with van der Waals surface area (Å²) in [5.41, 5.74) is 2.71. The van der Waals surface area contributed by atoms with Gasteiger partial charge in [0.2, 0.25) is 0 Å². The van der Waals surface area contributed by atoms with Gasteiger partial charge in [-0.1, -0.05) is 35.0 Å². The van der Waals surface area contributed by atoms with Crippen molar-refractivity contribution in [3.05, 3.63) is 33.8 Å². The summed E-state index contributed by atoms with van der Waals surface area (Å²) in [6.07, 6.45) is 2.13. The summed E-state index contributed by atoms with van der Waals surface area (Å²) < 4.78 is 1.17. The summed E-state index contributed by atoms with van der Waals surface area (Å²) >= 11 is 3.59. The third-order valence-electron chi connectivity index (χ3n) is 3.70. The average molecular weight is 312 g/mol. The Labute approximate surface area is 116 Å². The predicted molar refractivity (Wildman–Crippen MR) is 74.6 cm³/mol. The fourth-order valence-corrected chi connectivity index (χ4v) is 3.26. The molecule has 1 aromatic rings. The van der Waals surface area contributed by atoms with Crippen molar-refractivity contribution in [1.82, 2.24) is 4.90 Å². The van der Waals surface area contributed by atoms with E-state index in [1.165, 1.54) is 15.6 Å². The van der Waals surface area contributed by atoms with Crippen molar-refractivity contribution < 1.29 is 9.90 Å². The molecule has 0 aliphatic heterocycles. The van der Waals surface area contributed by atoms with Gasteiger partial charge in [0.1, 0.15) is 0 Å². The fourth-order valence-electron chi connectivity index (χ4n) is 2.68. The number of carboxylic acids is 1. The third-order valence-corrected chi connectivity index (χ3v) is 4.44. The first-order valence-corrected chi connectivity index (χ1v) is 7.00. The highest BCUT2D eigenvalue weighted by Crippen LogP contribution is 2.38. The summed E-state index contributed by atoms with van der Waals surface area (Å²) in [6.45, 7) is 2.35. The molecule has 0 radical (unpaired) electrons. The minimum atomic E-state index is -0.727. The Bertz CT molecular complexity index is 461. The number of rotatable bonds is 4. The zero-order valence-corrected chi connectivity index (χ0v) is 12.3. The van der Waals surface area contributed by atoms with Crippen LogP contribution in [0, 0.1) is 5.92 Å². The lowest BCUT2D eigenvalue weighted by Crippen LogP contribution is -2.31. The fraction of sp³-hybridized carbons (Fsp3) is 0.500. The Hall–Kier alpha value is -0.870. The zero-order valence-electron chi connectivity index (χ0n) is 10.7. The van der Waals surface area contributed by atoms with Crippen molar-refractivity contribution in [2.75, 3.05) is 13.6 Å². The summed E-state index contributed by atoms with van der Waals surface area (Å²) in [7, 11) is 2.01. The van der Waals surface area contributed by atoms with Crippen molar-refractivity contribution >= 4 is 21.9 Å². The van der Waals surface area contributed by atoms with E-state index in [9.17, 15) is 4.79 Å². The van der Waals surface area contributed by atoms with E-state index in [-0.39, 0.29) is 5.92 Å². The quantitative estimate of drug-likeness (QED) is 0.929. The summed E-state index contributed by atoms with van der Waals surface area (Å²) in [5.74, 6) is -1.06. The van der Waals surface area contributed by atoms with E-state index >= 15 is 0 Å². The largest absolute Gasteiger partial charge is 0.481 e. The van der Waals surface area contributed by atoms with Crippen LogP contribution in [0.4, 0.5) is 0 Å². The molecular formula is C14H18BrNO2. The summed E-state index contributed by atoms with van der Waals surface area (Å²) in [5, 5.41) is 8.98. The first-order chi connectivity index (χ1) is 8.50. The standard InChI is InChI=1S/C14H18BrNO2/c1-9(14(17)18)8-16(2)13-7-6-10-11(13)4-3-5-12(10)15/h3-5,9,13H,6-8H2,1-2H3,(H,17,18). The molecule has 1 aliphatic carbocycles. The summed E-state index contributed by atoms with van der Waals surface area (Å²) in [4.78, 5) is 13.1. The van der Waals surface area contributed by atoms with Gasteiger partial charge in [0, 0.05) is 17.1 Å². The molecular weight excluding hydrogens is 294 g/mol. The molecule has 98 valence electrons. The molecule has 0 fully saturated rings. The number of carboxylic acid groups (broad SMARTS) is 1. The van der Waals surface area contributed by atoms with E-state index < -0.39 is 5.97 Å². The second-order valence-corrected chi connectivity index (χ2v) is 5.90. The van der Waals surface area contributed by atoms with Crippen LogP contribution < -0.4 is 0 Å². The SMILES string of the molecule is CC(CN(C)C1CCc2c(Br)cccc21)C(=O)O. The van der Waals surface area contributed by atoms with Gasteiger partial charge >= 0.3 is 5.97 Å². The van der Waals surface area contributed by atoms with E-state index in [0.29, 0.717) is 12.6 Å². The molecule has 2 unspecified atom stereocenters. The van der Waals surface area contributed by atoms with Crippen LogP contribution in [0.1, 0.15) is 30.5 Å². The number of hydrogen-bond acceptors (Lipinski definition) is 2. The topological polar surface area (TPSA) is 40.5 Å². The van der Waals surface area contributed by atoms with Crippen LogP contribution in [0.25, 0.3) is 0 Å². The van der Waals surface area contributed by atoms with Gasteiger partial charge in [0.15, 0.2) is 0 Å². The molecule has 18 heavy (non-hydrogen) atoms. The van der Waals surface area contributed by atoms with Crippen LogP contribution in [0.15, 0.2) is 22.7 Å². The Balaban J connectivity index is 2.13. The minimum absolute atomic E-state index is 0.328. The van der Waals surface area contributed by atoms with Gasteiger partial charge in [-0.15, -0.1) is 0 Å². The van der Waals surface area contributed by atoms with Crippen LogP contribution in [0.5, 0.6) is 0 Å². The van der Waals surface area contributed by atoms with E-state index in [0.717, 1.165) is 12.8 Å². The molecule has 0 amide bonds. The number of halogens is 1. The number of fused-ring (bicyclic) bond motifs is 1. The number of carbonyl (C=O) groups is 1. The number of hydrogen-bond donors (Lipinski definition) is 1. The van der Waals surface area contributed by atoms with E-state index in [1.54, 1.807) is 6.92 Å². The average Bonchev–Trinajstić information content (AvgIpc) is 2.74. The van der Waals surface area contributed by atoms with Gasteiger partial charge in [0.25, 0.3) is 0 Å². The molecule has 0 bridgehead atoms. The maximum Gasteiger partial charge on any atom is 0.307 e. The van der Waals surface area contributed by atoms with Gasteiger partial charge in [-0.25, -0.2) is 0 Å². The molecule has 0 aromatic heterocycles. The Morgan fingerprint density at radius 2 is 2.33 bits per heavy atom. The van der Waals surface area contributed by atoms with Crippen molar-refractivity contribution in [3.63, 3.8) is 0 Å². The lowest BCUT2D eigenvalue weighted by Gasteiger charge is -2.26. The highest BCUT2D eigenvalue weighted by atomic mass is 79.9. The predicted octanol–water partition coefficient (Wildman–Crippen LogP) is 3.09. The van der Waals surface area contributed by atoms with Crippen molar-refractivity contribution in [2.24, 2.45) is 5.92 Å². The molecule has 0 saturated heterocycles. The van der Waals surface area contributed by atoms with Crippen molar-refractivity contribution in [3.8, 4) is 0 Å². The summed E-state index contributed by atoms with van der Waals surface area (Å²) in [6, 6.07) is 6.62. The second kappa shape index (κ2) is 5.41. The molecule has 1 N–H and O–H groups in total. The third kappa shape index (κ3) is 2.59. The molecule has 2 atom stereocenters. The van der Waals surface area contributed by atoms with Crippen LogP contribution in [0.2, 0.25) is 0 Å². The van der Waals surface area contributed by atoms with Crippen LogP contribution >= 0.6 is 15.9 Å². The van der Waals surface area contributed by atoms with Gasteiger partial charge in [0.05, 0.1) is 5.92 Å². The van der Waals surface area contributed by atoms with E-state index in [4.69, 9.17) is 5.11 Å². The Morgan fingerprint density at radius 3 is 3.00 bits per heavy atom. The highest BCUT2D eigenvalue weighted by Gasteiger charge is 2.28. The maximum absolute atomic E-state index is 10.9. The van der Waals surface area contributed by atoms with Gasteiger partial charge in [-0.3, -0.25) is 9.69 Å². The molecule has 0 heterocycles. The number of nitrogens with zero attached hydrogens (tertiary/aromatic N) is 1. The maximum atomic E-state index is 10.9. The lowest BCUT2D eigenvalue weighted by atomic mass is 10.1. The smallest absolute Gasteiger partial charge is 0.307 e. The molecule has 0 saturated carbocycles. The molecule has 3 nitrogen and oxygen atoms in total. The van der Waals surface area contributed by atoms with Crippen molar-refractivity contribution in [2.45, 2.75) is 25.8 Å². The second-order valence-electron chi connectivity index (χ2n) is 5.04. The van der Waals surface area contributed by atoms with Gasteiger partial charge < -0.3 is 5.11 Å². The molecule has 2 rings (SSSR count). The van der Waals surface area contributed by atoms with Gasteiger partial charge in [-0.2, -0.15) is 0 Å². The van der Waals surface area contributed by atoms with Gasteiger partial charge in [-0.05, 0) is 37.1 Å². The van der Waals surface area contributed by atoms with Crippen molar-refractivity contribution in [1.29, 1.82) is 0 Å². The minimum Gasteiger partial charge on any atom is -0.481 e. The van der Waals surface area contributed by atoms with Crippen LogP contribution in [0.3, 0.4) is 0 Å². The number of benzene rings is 1. The molecule has 4 heteroatoms. The normalized spacial score (nSPS) is 19.9. The van der Waals surface area contributed by atoms with Crippen LogP contribution in [-0.2, 0) is 11.2 Å². The van der Waals surface area contributed by atoms with E-state index in [1.807, 2.05) is 7.05 Å². The monoisotopic (exact) mass is 311 g/mol. The van der Waals surface area contributed by atoms with Crippen LogP contribution in [-0.4, -0.2) is 29.6 Å². The molecule has 0 spiro atoms. The first kappa shape index (κ1) is 13.6. The first-order valence-electron chi connectivity index (χ1n) is 6.21. The zero-order chi connectivity index (χ0) is 13.3. The Kier molecular flexibility index (Phi) is 4.07.